The van der Waals surface area contributed by atoms with Gasteiger partial charge in [-0.15, -0.1) is 0 Å². The van der Waals surface area contributed by atoms with Crippen molar-refractivity contribution in [3.63, 3.8) is 0 Å². The van der Waals surface area contributed by atoms with Crippen molar-refractivity contribution in [2.75, 3.05) is 6.54 Å². The molecule has 3 rings (SSSR count). The van der Waals surface area contributed by atoms with Gasteiger partial charge in [0.1, 0.15) is 6.61 Å². The van der Waals surface area contributed by atoms with Gasteiger partial charge in [-0.3, -0.25) is 4.79 Å². The Labute approximate surface area is 143 Å². The molecule has 0 aromatic heterocycles. The Hall–Kier alpha value is -2.10. The molecule has 4 nitrogen and oxygen atoms in total. The molecular weight excluding hydrogens is 302 g/mol. The molecule has 4 heteroatoms. The van der Waals surface area contributed by atoms with Gasteiger partial charge < -0.3 is 4.74 Å². The Morgan fingerprint density at radius 1 is 1.21 bits per heavy atom. The van der Waals surface area contributed by atoms with E-state index in [2.05, 4.69) is 13.0 Å². The van der Waals surface area contributed by atoms with E-state index in [1.807, 2.05) is 30.3 Å². The SMILES string of the molecule is CC1=CC[C@]2(CCCCN(C(=O)OCc3ccccc3)C2=O)CC1. The topological polar surface area (TPSA) is 46.6 Å². The van der Waals surface area contributed by atoms with E-state index in [9.17, 15) is 9.59 Å². The first-order valence-corrected chi connectivity index (χ1v) is 8.79. The van der Waals surface area contributed by atoms with Gasteiger partial charge in [0.25, 0.3) is 0 Å². The first-order valence-electron chi connectivity index (χ1n) is 8.79. The summed E-state index contributed by atoms with van der Waals surface area (Å²) in [6.07, 6.45) is 6.92. The second kappa shape index (κ2) is 7.20. The zero-order valence-corrected chi connectivity index (χ0v) is 14.3. The second-order valence-corrected chi connectivity index (χ2v) is 6.99. The van der Waals surface area contributed by atoms with Gasteiger partial charge in [-0.1, -0.05) is 48.4 Å². The third-order valence-electron chi connectivity index (χ3n) is 5.25. The molecule has 1 aliphatic heterocycles. The maximum Gasteiger partial charge on any atom is 0.416 e. The second-order valence-electron chi connectivity index (χ2n) is 6.99. The Balaban J connectivity index is 1.69. The summed E-state index contributed by atoms with van der Waals surface area (Å²) in [5.41, 5.74) is 1.87. The van der Waals surface area contributed by atoms with Gasteiger partial charge in [0.05, 0.1) is 5.41 Å². The van der Waals surface area contributed by atoms with Crippen molar-refractivity contribution in [3.8, 4) is 0 Å². The minimum Gasteiger partial charge on any atom is -0.444 e. The predicted molar refractivity (Wildman–Crippen MR) is 92.2 cm³/mol. The molecule has 2 aliphatic rings. The lowest BCUT2D eigenvalue weighted by molar-refractivity contribution is -0.140. The monoisotopic (exact) mass is 327 g/mol. The molecule has 24 heavy (non-hydrogen) atoms. The summed E-state index contributed by atoms with van der Waals surface area (Å²) < 4.78 is 5.40. The summed E-state index contributed by atoms with van der Waals surface area (Å²) in [7, 11) is 0. The van der Waals surface area contributed by atoms with Crippen LogP contribution < -0.4 is 0 Å². The van der Waals surface area contributed by atoms with Crippen molar-refractivity contribution in [2.24, 2.45) is 5.41 Å². The van der Waals surface area contributed by atoms with E-state index in [-0.39, 0.29) is 12.5 Å². The summed E-state index contributed by atoms with van der Waals surface area (Å²) in [6.45, 7) is 2.78. The molecule has 1 fully saturated rings. The van der Waals surface area contributed by atoms with Gasteiger partial charge in [-0.25, -0.2) is 9.69 Å². The first kappa shape index (κ1) is 16.7. The van der Waals surface area contributed by atoms with Gasteiger partial charge in [0.15, 0.2) is 0 Å². The highest BCUT2D eigenvalue weighted by molar-refractivity contribution is 5.95. The van der Waals surface area contributed by atoms with Gasteiger partial charge >= 0.3 is 6.09 Å². The zero-order chi connectivity index (χ0) is 17.0. The average Bonchev–Trinajstić information content (AvgIpc) is 2.77. The first-order chi connectivity index (χ1) is 11.6. The van der Waals surface area contributed by atoms with Crippen LogP contribution in [0.4, 0.5) is 4.79 Å². The standard InChI is InChI=1S/C20H25NO3/c1-16-9-12-20(13-10-16)11-5-6-14-21(18(20)22)19(23)24-15-17-7-3-2-4-8-17/h2-4,7-9H,5-6,10-15H2,1H3/t20-/m1/s1. The van der Waals surface area contributed by atoms with Crippen LogP contribution in [0.25, 0.3) is 0 Å². The summed E-state index contributed by atoms with van der Waals surface area (Å²) in [6, 6.07) is 9.56. The van der Waals surface area contributed by atoms with Crippen molar-refractivity contribution >= 4 is 12.0 Å². The molecule has 1 saturated heterocycles. The van der Waals surface area contributed by atoms with E-state index in [4.69, 9.17) is 4.74 Å². The minimum absolute atomic E-state index is 0.0400. The number of imide groups is 1. The summed E-state index contributed by atoms with van der Waals surface area (Å²) in [4.78, 5) is 26.9. The number of hydrogen-bond acceptors (Lipinski definition) is 3. The van der Waals surface area contributed by atoms with Gasteiger partial charge in [0.2, 0.25) is 5.91 Å². The number of benzene rings is 1. The van der Waals surface area contributed by atoms with E-state index in [0.29, 0.717) is 6.54 Å². The Bertz CT molecular complexity index is 638. The molecule has 0 radical (unpaired) electrons. The smallest absolute Gasteiger partial charge is 0.416 e. The number of ether oxygens (including phenoxy) is 1. The van der Waals surface area contributed by atoms with E-state index in [0.717, 1.165) is 44.1 Å². The van der Waals surface area contributed by atoms with Crippen LogP contribution in [-0.2, 0) is 16.1 Å². The fourth-order valence-electron chi connectivity index (χ4n) is 3.63. The lowest BCUT2D eigenvalue weighted by Crippen LogP contribution is -2.46. The van der Waals surface area contributed by atoms with Crippen LogP contribution in [0.5, 0.6) is 0 Å². The lowest BCUT2D eigenvalue weighted by atomic mass is 9.71. The van der Waals surface area contributed by atoms with Crippen molar-refractivity contribution in [1.82, 2.24) is 4.90 Å². The molecule has 1 aromatic carbocycles. The van der Waals surface area contributed by atoms with Crippen molar-refractivity contribution < 1.29 is 14.3 Å². The van der Waals surface area contributed by atoms with E-state index in [1.165, 1.54) is 10.5 Å². The highest BCUT2D eigenvalue weighted by Crippen LogP contribution is 2.43. The van der Waals surface area contributed by atoms with Crippen LogP contribution in [0.2, 0.25) is 0 Å². The van der Waals surface area contributed by atoms with Crippen molar-refractivity contribution in [1.29, 1.82) is 0 Å². The van der Waals surface area contributed by atoms with Crippen LogP contribution in [0, 0.1) is 5.41 Å². The Kier molecular flexibility index (Phi) is 5.03. The Morgan fingerprint density at radius 2 is 2.00 bits per heavy atom. The number of hydrogen-bond donors (Lipinski definition) is 0. The average molecular weight is 327 g/mol. The number of nitrogens with zero attached hydrogens (tertiary/aromatic N) is 1. The maximum atomic E-state index is 13.1. The fourth-order valence-corrected chi connectivity index (χ4v) is 3.63. The normalized spacial score (nSPS) is 24.5. The molecule has 128 valence electrons. The molecular formula is C20H25NO3. The number of carbonyl (C=O) groups is 2. The van der Waals surface area contributed by atoms with Crippen molar-refractivity contribution in [3.05, 3.63) is 47.5 Å². The number of amides is 2. The molecule has 1 atom stereocenters. The largest absolute Gasteiger partial charge is 0.444 e. The number of rotatable bonds is 2. The summed E-state index contributed by atoms with van der Waals surface area (Å²) in [5.74, 6) is -0.0400. The molecule has 1 heterocycles. The molecule has 1 spiro atoms. The minimum atomic E-state index is -0.503. The highest BCUT2D eigenvalue weighted by atomic mass is 16.6. The van der Waals surface area contributed by atoms with E-state index >= 15 is 0 Å². The number of carbonyl (C=O) groups excluding carboxylic acids is 2. The van der Waals surface area contributed by atoms with Crippen LogP contribution in [0.1, 0.15) is 51.0 Å². The van der Waals surface area contributed by atoms with Crippen LogP contribution in [0.15, 0.2) is 42.0 Å². The van der Waals surface area contributed by atoms with Crippen LogP contribution in [-0.4, -0.2) is 23.4 Å². The zero-order valence-electron chi connectivity index (χ0n) is 14.3. The van der Waals surface area contributed by atoms with E-state index in [1.54, 1.807) is 0 Å². The summed E-state index contributed by atoms with van der Waals surface area (Å²) >= 11 is 0. The number of likely N-dealkylation sites (tertiary alicyclic amines) is 1. The molecule has 1 aromatic rings. The maximum absolute atomic E-state index is 13.1. The summed E-state index contributed by atoms with van der Waals surface area (Å²) in [5, 5.41) is 0. The van der Waals surface area contributed by atoms with Crippen LogP contribution in [0.3, 0.4) is 0 Å². The van der Waals surface area contributed by atoms with E-state index < -0.39 is 11.5 Å². The van der Waals surface area contributed by atoms with Crippen molar-refractivity contribution in [2.45, 2.75) is 52.1 Å². The quantitative estimate of drug-likeness (QED) is 0.754. The van der Waals surface area contributed by atoms with Crippen LogP contribution >= 0.6 is 0 Å². The Morgan fingerprint density at radius 3 is 2.71 bits per heavy atom. The molecule has 0 bridgehead atoms. The third kappa shape index (κ3) is 3.53. The predicted octanol–water partition coefficient (Wildman–Crippen LogP) is 4.45. The highest BCUT2D eigenvalue weighted by Gasteiger charge is 2.44. The molecule has 2 amide bonds. The van der Waals surface area contributed by atoms with Gasteiger partial charge in [0, 0.05) is 6.54 Å². The van der Waals surface area contributed by atoms with Gasteiger partial charge in [-0.05, 0) is 44.6 Å². The molecule has 0 N–H and O–H groups in total. The molecule has 0 saturated carbocycles. The fraction of sp³-hybridized carbons (Fsp3) is 0.500. The third-order valence-corrected chi connectivity index (χ3v) is 5.25. The number of allylic oxidation sites excluding steroid dienone is 2. The lowest BCUT2D eigenvalue weighted by Gasteiger charge is -2.36. The molecule has 0 unspecified atom stereocenters. The van der Waals surface area contributed by atoms with Gasteiger partial charge in [-0.2, -0.15) is 0 Å². The molecule has 1 aliphatic carbocycles.